The van der Waals surface area contributed by atoms with E-state index in [-0.39, 0.29) is 17.8 Å². The second-order valence-corrected chi connectivity index (χ2v) is 6.74. The molecule has 5 nitrogen and oxygen atoms in total. The minimum absolute atomic E-state index is 0.0307. The fraction of sp³-hybridized carbons (Fsp3) is 0.500. The van der Waals surface area contributed by atoms with E-state index in [0.29, 0.717) is 17.8 Å². The second-order valence-electron chi connectivity index (χ2n) is 4.94. The molecule has 4 N–H and O–H groups in total. The topological polar surface area (TPSA) is 92.4 Å². The van der Waals surface area contributed by atoms with E-state index in [2.05, 4.69) is 4.72 Å². The maximum atomic E-state index is 11.9. The van der Waals surface area contributed by atoms with Crippen LogP contribution >= 0.6 is 0 Å². The van der Waals surface area contributed by atoms with Crippen molar-refractivity contribution in [3.8, 4) is 0 Å². The molecule has 1 aliphatic carbocycles. The van der Waals surface area contributed by atoms with Crippen LogP contribution in [-0.2, 0) is 15.8 Å². The predicted octanol–water partition coefficient (Wildman–Crippen LogP) is 0.461. The van der Waals surface area contributed by atoms with Crippen molar-refractivity contribution in [3.05, 3.63) is 29.8 Å². The Kier molecular flexibility index (Phi) is 3.61. The maximum absolute atomic E-state index is 11.9. The van der Waals surface area contributed by atoms with E-state index in [9.17, 15) is 8.42 Å². The number of anilines is 1. The number of nitrogen functional groups attached to an aromatic ring is 1. The molecular weight excluding hydrogens is 252 g/mol. The van der Waals surface area contributed by atoms with Crippen LogP contribution < -0.4 is 10.5 Å². The SMILES string of the molecule is Nc1ccccc1CS(=O)(=O)NCC1(CO)CC1. The molecule has 100 valence electrons. The number of para-hydroxylation sites is 1. The number of hydrogen-bond donors (Lipinski definition) is 3. The summed E-state index contributed by atoms with van der Waals surface area (Å²) in [6.07, 6.45) is 1.75. The monoisotopic (exact) mass is 270 g/mol. The Balaban J connectivity index is 1.98. The van der Waals surface area contributed by atoms with Gasteiger partial charge in [-0.3, -0.25) is 0 Å². The van der Waals surface area contributed by atoms with E-state index in [4.69, 9.17) is 10.8 Å². The number of sulfonamides is 1. The van der Waals surface area contributed by atoms with Gasteiger partial charge in [0.1, 0.15) is 0 Å². The zero-order valence-corrected chi connectivity index (χ0v) is 10.9. The van der Waals surface area contributed by atoms with Crippen LogP contribution in [-0.4, -0.2) is 26.7 Å². The average molecular weight is 270 g/mol. The summed E-state index contributed by atoms with van der Waals surface area (Å²) in [4.78, 5) is 0. The molecule has 0 saturated heterocycles. The summed E-state index contributed by atoms with van der Waals surface area (Å²) in [5.74, 6) is -0.124. The van der Waals surface area contributed by atoms with Crippen LogP contribution in [0.3, 0.4) is 0 Å². The molecule has 1 fully saturated rings. The van der Waals surface area contributed by atoms with E-state index in [1.165, 1.54) is 0 Å². The normalized spacial score (nSPS) is 17.6. The number of nitrogens with two attached hydrogens (primary N) is 1. The molecule has 0 spiro atoms. The van der Waals surface area contributed by atoms with Gasteiger partial charge in [-0.1, -0.05) is 18.2 Å². The van der Waals surface area contributed by atoms with E-state index in [1.807, 2.05) is 0 Å². The van der Waals surface area contributed by atoms with Gasteiger partial charge in [-0.2, -0.15) is 0 Å². The largest absolute Gasteiger partial charge is 0.398 e. The Morgan fingerprint density at radius 1 is 1.33 bits per heavy atom. The lowest BCUT2D eigenvalue weighted by Gasteiger charge is -2.13. The van der Waals surface area contributed by atoms with Gasteiger partial charge in [0, 0.05) is 24.3 Å². The highest BCUT2D eigenvalue weighted by atomic mass is 32.2. The van der Waals surface area contributed by atoms with Crippen LogP contribution in [0.1, 0.15) is 18.4 Å². The molecule has 0 aliphatic heterocycles. The number of hydrogen-bond acceptors (Lipinski definition) is 4. The molecule has 18 heavy (non-hydrogen) atoms. The number of aliphatic hydroxyl groups excluding tert-OH is 1. The molecular formula is C12H18N2O3S. The van der Waals surface area contributed by atoms with Crippen molar-refractivity contribution in [2.24, 2.45) is 5.41 Å². The van der Waals surface area contributed by atoms with Crippen molar-refractivity contribution in [3.63, 3.8) is 0 Å². The summed E-state index contributed by atoms with van der Waals surface area (Å²) < 4.78 is 26.3. The summed E-state index contributed by atoms with van der Waals surface area (Å²) in [5, 5.41) is 9.13. The molecule has 0 aromatic heterocycles. The smallest absolute Gasteiger partial charge is 0.215 e. The number of aliphatic hydroxyl groups is 1. The number of benzene rings is 1. The summed E-state index contributed by atoms with van der Waals surface area (Å²) in [5.41, 5.74) is 6.56. The Labute approximate surface area is 107 Å². The molecule has 2 rings (SSSR count). The van der Waals surface area contributed by atoms with E-state index in [0.717, 1.165) is 12.8 Å². The highest BCUT2D eigenvalue weighted by molar-refractivity contribution is 7.88. The van der Waals surface area contributed by atoms with Crippen LogP contribution in [0, 0.1) is 5.41 Å². The fourth-order valence-electron chi connectivity index (χ4n) is 1.75. The van der Waals surface area contributed by atoms with Gasteiger partial charge >= 0.3 is 0 Å². The standard InChI is InChI=1S/C12H18N2O3S/c13-11-4-2-1-3-10(11)7-18(16,17)14-8-12(9-15)5-6-12/h1-4,14-15H,5-9,13H2. The van der Waals surface area contributed by atoms with Crippen molar-refractivity contribution in [2.45, 2.75) is 18.6 Å². The van der Waals surface area contributed by atoms with E-state index in [1.54, 1.807) is 24.3 Å². The van der Waals surface area contributed by atoms with E-state index < -0.39 is 10.0 Å². The Hall–Kier alpha value is -1.11. The Bertz CT molecular complexity index is 524. The van der Waals surface area contributed by atoms with Gasteiger partial charge in [0.15, 0.2) is 0 Å². The highest BCUT2D eigenvalue weighted by Gasteiger charge is 2.42. The molecule has 0 radical (unpaired) electrons. The van der Waals surface area contributed by atoms with Crippen molar-refractivity contribution < 1.29 is 13.5 Å². The molecule has 1 saturated carbocycles. The van der Waals surface area contributed by atoms with Gasteiger partial charge in [0.05, 0.1) is 5.75 Å². The van der Waals surface area contributed by atoms with Gasteiger partial charge in [0.25, 0.3) is 0 Å². The first kappa shape index (κ1) is 13.3. The summed E-state index contributed by atoms with van der Waals surface area (Å²) >= 11 is 0. The lowest BCUT2D eigenvalue weighted by atomic mass is 10.1. The van der Waals surface area contributed by atoms with Crippen molar-refractivity contribution in [2.75, 3.05) is 18.9 Å². The molecule has 6 heteroatoms. The predicted molar refractivity (Wildman–Crippen MR) is 70.2 cm³/mol. The van der Waals surface area contributed by atoms with Gasteiger partial charge < -0.3 is 10.8 Å². The van der Waals surface area contributed by atoms with Crippen LogP contribution in [0.5, 0.6) is 0 Å². The molecule has 1 aromatic rings. The molecule has 0 heterocycles. The summed E-state index contributed by atoms with van der Waals surface area (Å²) in [7, 11) is -3.40. The lowest BCUT2D eigenvalue weighted by molar-refractivity contribution is 0.213. The maximum Gasteiger partial charge on any atom is 0.215 e. The third kappa shape index (κ3) is 3.22. The minimum Gasteiger partial charge on any atom is -0.398 e. The molecule has 0 bridgehead atoms. The minimum atomic E-state index is -3.40. The average Bonchev–Trinajstić information content (AvgIpc) is 3.11. The number of nitrogens with one attached hydrogen (secondary N) is 1. The first-order valence-corrected chi connectivity index (χ1v) is 7.53. The fourth-order valence-corrected chi connectivity index (χ4v) is 3.05. The zero-order chi connectivity index (χ0) is 13.2. The van der Waals surface area contributed by atoms with Crippen molar-refractivity contribution >= 4 is 15.7 Å². The third-order valence-corrected chi connectivity index (χ3v) is 4.64. The van der Waals surface area contributed by atoms with Crippen LogP contribution in [0.15, 0.2) is 24.3 Å². The van der Waals surface area contributed by atoms with Crippen molar-refractivity contribution in [1.82, 2.24) is 4.72 Å². The Morgan fingerprint density at radius 3 is 2.56 bits per heavy atom. The van der Waals surface area contributed by atoms with E-state index >= 15 is 0 Å². The quantitative estimate of drug-likeness (QED) is 0.655. The highest BCUT2D eigenvalue weighted by Crippen LogP contribution is 2.44. The van der Waals surface area contributed by atoms with Gasteiger partial charge in [-0.15, -0.1) is 0 Å². The van der Waals surface area contributed by atoms with Gasteiger partial charge in [-0.05, 0) is 24.5 Å². The first-order chi connectivity index (χ1) is 8.46. The van der Waals surface area contributed by atoms with Crippen LogP contribution in [0.4, 0.5) is 5.69 Å². The summed E-state index contributed by atoms with van der Waals surface area (Å²) in [6.45, 7) is 0.335. The zero-order valence-electron chi connectivity index (χ0n) is 10.1. The van der Waals surface area contributed by atoms with Crippen molar-refractivity contribution in [1.29, 1.82) is 0 Å². The number of rotatable bonds is 6. The molecule has 0 atom stereocenters. The van der Waals surface area contributed by atoms with Gasteiger partial charge in [-0.25, -0.2) is 13.1 Å². The summed E-state index contributed by atoms with van der Waals surface area (Å²) in [6, 6.07) is 6.91. The Morgan fingerprint density at radius 2 is 2.00 bits per heavy atom. The molecule has 0 amide bonds. The first-order valence-electron chi connectivity index (χ1n) is 5.88. The van der Waals surface area contributed by atoms with Crippen LogP contribution in [0.2, 0.25) is 0 Å². The third-order valence-electron chi connectivity index (χ3n) is 3.36. The molecule has 1 aromatic carbocycles. The molecule has 1 aliphatic rings. The van der Waals surface area contributed by atoms with Crippen LogP contribution in [0.25, 0.3) is 0 Å². The van der Waals surface area contributed by atoms with Gasteiger partial charge in [0.2, 0.25) is 10.0 Å². The second kappa shape index (κ2) is 4.87. The lowest BCUT2D eigenvalue weighted by Crippen LogP contribution is -2.32. The molecule has 0 unspecified atom stereocenters.